The van der Waals surface area contributed by atoms with Crippen LogP contribution in [0.5, 0.6) is 0 Å². The first-order chi connectivity index (χ1) is 13.6. The van der Waals surface area contributed by atoms with Crippen molar-refractivity contribution < 1.29 is 9.47 Å². The Morgan fingerprint density at radius 3 is 1.39 bits per heavy atom. The lowest BCUT2D eigenvalue weighted by atomic mass is 10.1. The van der Waals surface area contributed by atoms with Gasteiger partial charge < -0.3 is 9.47 Å². The minimum absolute atomic E-state index is 0.317. The Bertz CT molecular complexity index is 295. The zero-order chi connectivity index (χ0) is 20.9. The highest BCUT2D eigenvalue weighted by Gasteiger charge is 2.25. The largest absolute Gasteiger partial charge is 0.379 e. The molecule has 0 spiro atoms. The fourth-order valence-electron chi connectivity index (χ4n) is 4.20. The molecule has 0 fully saturated rings. The molecular weight excluding hydrogens is 360 g/mol. The number of hydrogen-bond donors (Lipinski definition) is 0. The van der Waals surface area contributed by atoms with E-state index in [9.17, 15) is 0 Å². The summed E-state index contributed by atoms with van der Waals surface area (Å²) in [5.41, 5.74) is 0. The predicted molar refractivity (Wildman–Crippen MR) is 129 cm³/mol. The van der Waals surface area contributed by atoms with E-state index < -0.39 is 8.07 Å². The number of unbranched alkanes of at least 4 members (excludes halogenated alkanes) is 11. The van der Waals surface area contributed by atoms with Crippen LogP contribution in [0.4, 0.5) is 0 Å². The number of rotatable bonds is 22. The third-order valence-corrected chi connectivity index (χ3v) is 12.6. The molecule has 0 atom stereocenters. The minimum Gasteiger partial charge on any atom is -0.379 e. The van der Waals surface area contributed by atoms with Crippen LogP contribution in [-0.2, 0) is 9.47 Å². The second-order valence-electron chi connectivity index (χ2n) is 9.09. The van der Waals surface area contributed by atoms with Crippen LogP contribution in [-0.4, -0.2) is 34.0 Å². The van der Waals surface area contributed by atoms with Gasteiger partial charge >= 0.3 is 0 Å². The summed E-state index contributed by atoms with van der Waals surface area (Å²) in [5.74, 6) is 0. The normalized spacial score (nSPS) is 12.2. The van der Waals surface area contributed by atoms with Gasteiger partial charge in [0.05, 0.1) is 27.4 Å². The first-order valence-corrected chi connectivity index (χ1v) is 15.6. The average molecular weight is 415 g/mol. The van der Waals surface area contributed by atoms with Crippen LogP contribution in [0.15, 0.2) is 0 Å². The summed E-state index contributed by atoms with van der Waals surface area (Å²) in [7, 11) is -0.844. The highest BCUT2D eigenvalue weighted by molar-refractivity contribution is 6.79. The van der Waals surface area contributed by atoms with Gasteiger partial charge in [-0.25, -0.2) is 0 Å². The molecule has 0 aliphatic heterocycles. The molecule has 0 aliphatic rings. The molecular formula is C25H54O2Si. The molecule has 0 aliphatic carbocycles. The molecule has 0 aromatic heterocycles. The van der Waals surface area contributed by atoms with E-state index in [-0.39, 0.29) is 0 Å². The monoisotopic (exact) mass is 414 g/mol. The molecule has 2 nitrogen and oxygen atoms in total. The number of hydrogen-bond acceptors (Lipinski definition) is 2. The Hall–Kier alpha value is 0.137. The molecule has 170 valence electrons. The molecule has 0 saturated carbocycles. The Morgan fingerprint density at radius 2 is 0.964 bits per heavy atom. The van der Waals surface area contributed by atoms with Crippen molar-refractivity contribution in [2.45, 2.75) is 142 Å². The molecule has 0 rings (SSSR count). The Balaban J connectivity index is 3.20. The van der Waals surface area contributed by atoms with Crippen molar-refractivity contribution in [3.05, 3.63) is 0 Å². The van der Waals surface area contributed by atoms with Crippen LogP contribution in [0.2, 0.25) is 24.2 Å². The van der Waals surface area contributed by atoms with E-state index >= 15 is 0 Å². The third kappa shape index (κ3) is 17.0. The molecule has 0 bridgehead atoms. The van der Waals surface area contributed by atoms with Crippen LogP contribution in [0.3, 0.4) is 0 Å². The first kappa shape index (κ1) is 28.1. The van der Waals surface area contributed by atoms with Crippen molar-refractivity contribution >= 4 is 8.07 Å². The summed E-state index contributed by atoms with van der Waals surface area (Å²) in [6, 6.07) is 6.09. The lowest BCUT2D eigenvalue weighted by molar-refractivity contribution is 0.0186. The predicted octanol–water partition coefficient (Wildman–Crippen LogP) is 8.62. The highest BCUT2D eigenvalue weighted by Crippen LogP contribution is 2.27. The summed E-state index contributed by atoms with van der Waals surface area (Å²) in [6.07, 6.45) is 17.4. The van der Waals surface area contributed by atoms with E-state index in [4.69, 9.17) is 9.47 Å². The molecule has 0 saturated heterocycles. The van der Waals surface area contributed by atoms with E-state index in [0.717, 1.165) is 19.8 Å². The van der Waals surface area contributed by atoms with E-state index in [1.807, 2.05) is 0 Å². The lowest BCUT2D eigenvalue weighted by Gasteiger charge is -2.28. The maximum Gasteiger partial charge on any atom is 0.0703 e. The van der Waals surface area contributed by atoms with Gasteiger partial charge in [-0.1, -0.05) is 116 Å². The van der Waals surface area contributed by atoms with E-state index in [1.54, 1.807) is 6.04 Å². The fraction of sp³-hybridized carbons (Fsp3) is 1.00. The van der Waals surface area contributed by atoms with Crippen molar-refractivity contribution in [1.29, 1.82) is 0 Å². The van der Waals surface area contributed by atoms with Crippen LogP contribution in [0, 0.1) is 0 Å². The zero-order valence-electron chi connectivity index (χ0n) is 20.3. The second-order valence-corrected chi connectivity index (χ2v) is 14.7. The second kappa shape index (κ2) is 20.4. The smallest absolute Gasteiger partial charge is 0.0703 e. The van der Waals surface area contributed by atoms with Crippen LogP contribution < -0.4 is 0 Å². The van der Waals surface area contributed by atoms with Gasteiger partial charge in [0.25, 0.3) is 0 Å². The van der Waals surface area contributed by atoms with Crippen molar-refractivity contribution in [3.8, 4) is 0 Å². The molecule has 0 unspecified atom stereocenters. The molecule has 0 aromatic rings. The Labute approximate surface area is 179 Å². The Kier molecular flexibility index (Phi) is 20.5. The fourth-order valence-corrected chi connectivity index (χ4v) is 7.76. The van der Waals surface area contributed by atoms with Gasteiger partial charge in [0.15, 0.2) is 0 Å². The lowest BCUT2D eigenvalue weighted by Crippen LogP contribution is -2.30. The van der Waals surface area contributed by atoms with Gasteiger partial charge in [-0.3, -0.25) is 0 Å². The van der Waals surface area contributed by atoms with Crippen molar-refractivity contribution in [2.75, 3.05) is 19.8 Å². The van der Waals surface area contributed by atoms with Gasteiger partial charge in [0.1, 0.15) is 0 Å². The topological polar surface area (TPSA) is 18.5 Å². The van der Waals surface area contributed by atoms with Gasteiger partial charge in [-0.2, -0.15) is 0 Å². The molecule has 28 heavy (non-hydrogen) atoms. The van der Waals surface area contributed by atoms with E-state index in [0.29, 0.717) is 6.10 Å². The summed E-state index contributed by atoms with van der Waals surface area (Å²) in [6.45, 7) is 13.8. The molecule has 0 aromatic carbocycles. The Morgan fingerprint density at radius 1 is 0.536 bits per heavy atom. The van der Waals surface area contributed by atoms with Crippen molar-refractivity contribution in [2.24, 2.45) is 0 Å². The standard InChI is InChI=1S/C25H54O2Si/c1-6-28(7-2,8-3)24-20-18-16-14-12-10-9-11-13-15-17-19-21-26-22-23-27-25(4)5/h25H,6-24H2,1-5H3. The third-order valence-electron chi connectivity index (χ3n) is 6.67. The van der Waals surface area contributed by atoms with Gasteiger partial charge in [-0.05, 0) is 20.3 Å². The van der Waals surface area contributed by atoms with Crippen molar-refractivity contribution in [1.82, 2.24) is 0 Å². The van der Waals surface area contributed by atoms with Crippen LogP contribution >= 0.6 is 0 Å². The summed E-state index contributed by atoms with van der Waals surface area (Å²) < 4.78 is 11.1. The summed E-state index contributed by atoms with van der Waals surface area (Å²) in [5, 5.41) is 0. The quantitative estimate of drug-likeness (QED) is 0.130. The van der Waals surface area contributed by atoms with E-state index in [1.165, 1.54) is 95.2 Å². The maximum absolute atomic E-state index is 5.60. The first-order valence-electron chi connectivity index (χ1n) is 12.8. The van der Waals surface area contributed by atoms with E-state index in [2.05, 4.69) is 34.6 Å². The molecule has 0 radical (unpaired) electrons. The van der Waals surface area contributed by atoms with Gasteiger partial charge in [0, 0.05) is 6.61 Å². The maximum atomic E-state index is 5.60. The average Bonchev–Trinajstić information content (AvgIpc) is 2.70. The molecule has 0 heterocycles. The van der Waals surface area contributed by atoms with Crippen LogP contribution in [0.25, 0.3) is 0 Å². The van der Waals surface area contributed by atoms with Gasteiger partial charge in [0.2, 0.25) is 0 Å². The SMILES string of the molecule is CC[Si](CC)(CC)CCCCCCCCCCCCCCOCCOC(C)C. The minimum atomic E-state index is -0.844. The molecule has 0 N–H and O–H groups in total. The zero-order valence-corrected chi connectivity index (χ0v) is 21.3. The molecule has 0 amide bonds. The highest BCUT2D eigenvalue weighted by atomic mass is 28.3. The summed E-state index contributed by atoms with van der Waals surface area (Å²) in [4.78, 5) is 0. The van der Waals surface area contributed by atoms with Gasteiger partial charge in [-0.15, -0.1) is 0 Å². The van der Waals surface area contributed by atoms with Crippen LogP contribution in [0.1, 0.15) is 112 Å². The molecule has 3 heteroatoms. The van der Waals surface area contributed by atoms with Crippen molar-refractivity contribution in [3.63, 3.8) is 0 Å². The summed E-state index contributed by atoms with van der Waals surface area (Å²) >= 11 is 0. The number of ether oxygens (including phenoxy) is 2.